The van der Waals surface area contributed by atoms with Gasteiger partial charge in [-0.25, -0.2) is 4.39 Å². The Bertz CT molecular complexity index is 421. The van der Waals surface area contributed by atoms with Gasteiger partial charge in [-0.15, -0.1) is 0 Å². The molecule has 17 heavy (non-hydrogen) atoms. The number of halogens is 2. The first-order valence-corrected chi connectivity index (χ1v) is 6.69. The van der Waals surface area contributed by atoms with Crippen LogP contribution in [0.5, 0.6) is 0 Å². The van der Waals surface area contributed by atoms with Gasteiger partial charge in [-0.1, -0.05) is 0 Å². The number of rotatable bonds is 3. The standard InChI is InChI=1S/C12H16FIN2O/c1-16(6-7-2-8(17)3-7)12-4-9(13)10(14)5-11(12)15/h4-5,7-8,17H,2-3,6,15H2,1H3. The van der Waals surface area contributed by atoms with Crippen molar-refractivity contribution in [2.24, 2.45) is 5.92 Å². The monoisotopic (exact) mass is 350 g/mol. The van der Waals surface area contributed by atoms with Gasteiger partial charge in [-0.3, -0.25) is 0 Å². The number of hydrogen-bond acceptors (Lipinski definition) is 3. The van der Waals surface area contributed by atoms with Crippen molar-refractivity contribution in [2.45, 2.75) is 18.9 Å². The van der Waals surface area contributed by atoms with Crippen LogP contribution < -0.4 is 10.6 Å². The summed E-state index contributed by atoms with van der Waals surface area (Å²) >= 11 is 1.93. The molecule has 0 aromatic heterocycles. The van der Waals surface area contributed by atoms with Gasteiger partial charge in [0.25, 0.3) is 0 Å². The molecule has 1 aromatic rings. The maximum Gasteiger partial charge on any atom is 0.138 e. The Kier molecular flexibility index (Phi) is 3.77. The molecular weight excluding hydrogens is 334 g/mol. The summed E-state index contributed by atoms with van der Waals surface area (Å²) in [5.41, 5.74) is 7.21. The first kappa shape index (κ1) is 12.9. The largest absolute Gasteiger partial charge is 0.397 e. The van der Waals surface area contributed by atoms with Crippen LogP contribution in [-0.2, 0) is 0 Å². The molecule has 1 aliphatic rings. The van der Waals surface area contributed by atoms with E-state index in [0.717, 1.165) is 25.1 Å². The van der Waals surface area contributed by atoms with Crippen molar-refractivity contribution in [1.82, 2.24) is 0 Å². The average Bonchev–Trinajstić information content (AvgIpc) is 2.21. The van der Waals surface area contributed by atoms with E-state index in [2.05, 4.69) is 0 Å². The number of benzene rings is 1. The maximum absolute atomic E-state index is 13.5. The molecule has 0 aliphatic heterocycles. The third-order valence-corrected chi connectivity index (χ3v) is 4.05. The van der Waals surface area contributed by atoms with Gasteiger partial charge in [0.2, 0.25) is 0 Å². The van der Waals surface area contributed by atoms with Crippen LogP contribution in [0.15, 0.2) is 12.1 Å². The van der Waals surface area contributed by atoms with Crippen LogP contribution in [0.3, 0.4) is 0 Å². The Morgan fingerprint density at radius 2 is 2.18 bits per heavy atom. The quantitative estimate of drug-likeness (QED) is 0.649. The van der Waals surface area contributed by atoms with Crippen LogP contribution >= 0.6 is 22.6 Å². The molecule has 1 aromatic carbocycles. The third kappa shape index (κ3) is 2.82. The summed E-state index contributed by atoms with van der Waals surface area (Å²) in [6.07, 6.45) is 1.51. The van der Waals surface area contributed by atoms with E-state index in [-0.39, 0.29) is 11.9 Å². The number of nitrogens with zero attached hydrogens (tertiary/aromatic N) is 1. The van der Waals surface area contributed by atoms with Crippen LogP contribution in [0.1, 0.15) is 12.8 Å². The lowest BCUT2D eigenvalue weighted by Gasteiger charge is -2.35. The van der Waals surface area contributed by atoms with Gasteiger partial charge < -0.3 is 15.7 Å². The fourth-order valence-corrected chi connectivity index (χ4v) is 2.71. The van der Waals surface area contributed by atoms with Crippen molar-refractivity contribution in [3.8, 4) is 0 Å². The summed E-state index contributed by atoms with van der Waals surface area (Å²) in [5.74, 6) is 0.243. The number of nitrogen functional groups attached to an aromatic ring is 1. The van der Waals surface area contributed by atoms with Crippen LogP contribution in [0, 0.1) is 15.3 Å². The molecule has 3 N–H and O–H groups in total. The minimum absolute atomic E-state index is 0.154. The molecule has 0 unspecified atom stereocenters. The number of aliphatic hydroxyl groups is 1. The summed E-state index contributed by atoms with van der Waals surface area (Å²) in [4.78, 5) is 1.96. The summed E-state index contributed by atoms with van der Waals surface area (Å²) in [6, 6.07) is 3.13. The number of nitrogens with two attached hydrogens (primary N) is 1. The summed E-state index contributed by atoms with van der Waals surface area (Å²) in [5, 5.41) is 9.23. The van der Waals surface area contributed by atoms with Crippen molar-refractivity contribution >= 4 is 34.0 Å². The third-order valence-electron chi connectivity index (χ3n) is 3.22. The van der Waals surface area contributed by atoms with Crippen molar-refractivity contribution in [1.29, 1.82) is 0 Å². The average molecular weight is 350 g/mol. The first-order chi connectivity index (χ1) is 7.97. The maximum atomic E-state index is 13.5. The van der Waals surface area contributed by atoms with Crippen LogP contribution in [0.2, 0.25) is 0 Å². The molecule has 94 valence electrons. The van der Waals surface area contributed by atoms with E-state index < -0.39 is 0 Å². The second kappa shape index (κ2) is 4.97. The van der Waals surface area contributed by atoms with Gasteiger partial charge >= 0.3 is 0 Å². The Balaban J connectivity index is 2.08. The Hall–Kier alpha value is -0.560. The Labute approximate surface area is 114 Å². The Morgan fingerprint density at radius 1 is 1.53 bits per heavy atom. The van der Waals surface area contributed by atoms with Crippen molar-refractivity contribution in [3.63, 3.8) is 0 Å². The van der Waals surface area contributed by atoms with E-state index in [1.165, 1.54) is 6.07 Å². The fraction of sp³-hybridized carbons (Fsp3) is 0.500. The van der Waals surface area contributed by atoms with E-state index in [9.17, 15) is 9.50 Å². The smallest absolute Gasteiger partial charge is 0.138 e. The van der Waals surface area contributed by atoms with E-state index in [0.29, 0.717) is 15.2 Å². The second-order valence-corrected chi connectivity index (χ2v) is 5.86. The molecule has 0 bridgehead atoms. The second-order valence-electron chi connectivity index (χ2n) is 4.70. The molecular formula is C12H16FIN2O. The molecule has 5 heteroatoms. The normalized spacial score (nSPS) is 23.3. The molecule has 0 saturated heterocycles. The van der Waals surface area contributed by atoms with Gasteiger partial charge in [0, 0.05) is 19.7 Å². The highest BCUT2D eigenvalue weighted by Crippen LogP contribution is 2.32. The molecule has 0 atom stereocenters. The summed E-state index contributed by atoms with van der Waals surface area (Å²) in [7, 11) is 1.91. The van der Waals surface area contributed by atoms with Crippen molar-refractivity contribution < 1.29 is 9.50 Å². The molecule has 0 amide bonds. The molecule has 0 radical (unpaired) electrons. The van der Waals surface area contributed by atoms with Crippen LogP contribution in [0.25, 0.3) is 0 Å². The van der Waals surface area contributed by atoms with Crippen LogP contribution in [0.4, 0.5) is 15.8 Å². The van der Waals surface area contributed by atoms with Crippen LogP contribution in [-0.4, -0.2) is 24.8 Å². The van der Waals surface area contributed by atoms with Gasteiger partial charge in [-0.05, 0) is 47.4 Å². The first-order valence-electron chi connectivity index (χ1n) is 5.61. The molecule has 1 saturated carbocycles. The number of hydrogen-bond donors (Lipinski definition) is 2. The van der Waals surface area contributed by atoms with Crippen molar-refractivity contribution in [2.75, 3.05) is 24.2 Å². The number of anilines is 2. The van der Waals surface area contributed by atoms with E-state index in [1.54, 1.807) is 6.07 Å². The lowest BCUT2D eigenvalue weighted by Crippen LogP contribution is -2.37. The highest BCUT2D eigenvalue weighted by Gasteiger charge is 2.28. The topological polar surface area (TPSA) is 49.5 Å². The van der Waals surface area contributed by atoms with E-state index in [1.807, 2.05) is 34.5 Å². The zero-order valence-electron chi connectivity index (χ0n) is 9.66. The van der Waals surface area contributed by atoms with Gasteiger partial charge in [0.15, 0.2) is 0 Å². The lowest BCUT2D eigenvalue weighted by atomic mass is 9.82. The van der Waals surface area contributed by atoms with Crippen molar-refractivity contribution in [3.05, 3.63) is 21.5 Å². The highest BCUT2D eigenvalue weighted by molar-refractivity contribution is 14.1. The predicted octanol–water partition coefficient (Wildman–Crippen LogP) is 2.22. The highest BCUT2D eigenvalue weighted by atomic mass is 127. The Morgan fingerprint density at radius 3 is 2.76 bits per heavy atom. The van der Waals surface area contributed by atoms with Gasteiger partial charge in [-0.2, -0.15) is 0 Å². The fourth-order valence-electron chi connectivity index (χ4n) is 2.22. The van der Waals surface area contributed by atoms with Gasteiger partial charge in [0.1, 0.15) is 5.82 Å². The predicted molar refractivity (Wildman–Crippen MR) is 75.5 cm³/mol. The minimum atomic E-state index is -0.240. The molecule has 2 rings (SSSR count). The van der Waals surface area contributed by atoms with E-state index >= 15 is 0 Å². The molecule has 1 fully saturated rings. The molecule has 0 heterocycles. The summed E-state index contributed by atoms with van der Waals surface area (Å²) < 4.78 is 14.0. The SMILES string of the molecule is CN(CC1CC(O)C1)c1cc(F)c(I)cc1N. The lowest BCUT2D eigenvalue weighted by molar-refractivity contribution is 0.0465. The van der Waals surface area contributed by atoms with Gasteiger partial charge in [0.05, 0.1) is 21.0 Å². The van der Waals surface area contributed by atoms with E-state index in [4.69, 9.17) is 5.73 Å². The minimum Gasteiger partial charge on any atom is -0.397 e. The zero-order chi connectivity index (χ0) is 12.6. The molecule has 3 nitrogen and oxygen atoms in total. The molecule has 0 spiro atoms. The number of aliphatic hydroxyl groups excluding tert-OH is 1. The summed E-state index contributed by atoms with van der Waals surface area (Å²) in [6.45, 7) is 0.807. The molecule has 1 aliphatic carbocycles. The zero-order valence-corrected chi connectivity index (χ0v) is 11.8.